The van der Waals surface area contributed by atoms with Crippen LogP contribution in [0, 0.1) is 0 Å². The van der Waals surface area contributed by atoms with E-state index in [1.54, 1.807) is 18.1 Å². The summed E-state index contributed by atoms with van der Waals surface area (Å²) in [5, 5.41) is 14.3. The number of rotatable bonds is 6. The van der Waals surface area contributed by atoms with Crippen LogP contribution in [-0.4, -0.2) is 40.5 Å². The van der Waals surface area contributed by atoms with Crippen LogP contribution in [0.25, 0.3) is 10.9 Å². The van der Waals surface area contributed by atoms with E-state index in [-0.39, 0.29) is 12.6 Å². The van der Waals surface area contributed by atoms with E-state index >= 15 is 0 Å². The SMILES string of the molecule is CNC(CO)CCSc1ncnc2ccccc12. The van der Waals surface area contributed by atoms with Gasteiger partial charge in [-0.25, -0.2) is 9.97 Å². The van der Waals surface area contributed by atoms with Gasteiger partial charge in [0.1, 0.15) is 11.4 Å². The van der Waals surface area contributed by atoms with Crippen molar-refractivity contribution in [2.75, 3.05) is 19.4 Å². The van der Waals surface area contributed by atoms with Crippen LogP contribution in [0.3, 0.4) is 0 Å². The lowest BCUT2D eigenvalue weighted by atomic mass is 10.2. The molecule has 2 aromatic rings. The van der Waals surface area contributed by atoms with Crippen molar-refractivity contribution in [1.29, 1.82) is 0 Å². The normalized spacial score (nSPS) is 12.8. The molecule has 4 nitrogen and oxygen atoms in total. The molecule has 1 unspecified atom stereocenters. The van der Waals surface area contributed by atoms with Gasteiger partial charge in [0.2, 0.25) is 0 Å². The van der Waals surface area contributed by atoms with Crippen LogP contribution in [0.5, 0.6) is 0 Å². The molecule has 0 aliphatic heterocycles. The molecule has 0 saturated carbocycles. The number of aromatic nitrogens is 2. The summed E-state index contributed by atoms with van der Waals surface area (Å²) in [7, 11) is 1.87. The molecule has 18 heavy (non-hydrogen) atoms. The average molecular weight is 263 g/mol. The van der Waals surface area contributed by atoms with Crippen LogP contribution in [0.4, 0.5) is 0 Å². The van der Waals surface area contributed by atoms with E-state index in [4.69, 9.17) is 5.11 Å². The van der Waals surface area contributed by atoms with E-state index in [2.05, 4.69) is 15.3 Å². The molecule has 0 bridgehead atoms. The molecule has 2 rings (SSSR count). The number of thioether (sulfide) groups is 1. The molecule has 0 radical (unpaired) electrons. The number of para-hydroxylation sites is 1. The van der Waals surface area contributed by atoms with Gasteiger partial charge >= 0.3 is 0 Å². The van der Waals surface area contributed by atoms with Crippen molar-refractivity contribution in [2.45, 2.75) is 17.5 Å². The predicted octanol–water partition coefficient (Wildman–Crippen LogP) is 1.69. The van der Waals surface area contributed by atoms with Gasteiger partial charge in [-0.15, -0.1) is 11.8 Å². The minimum Gasteiger partial charge on any atom is -0.395 e. The lowest BCUT2D eigenvalue weighted by molar-refractivity contribution is 0.246. The zero-order valence-electron chi connectivity index (χ0n) is 10.3. The Labute approximate surface area is 111 Å². The number of nitrogens with zero attached hydrogens (tertiary/aromatic N) is 2. The maximum Gasteiger partial charge on any atom is 0.117 e. The zero-order chi connectivity index (χ0) is 12.8. The summed E-state index contributed by atoms with van der Waals surface area (Å²) in [6, 6.07) is 8.17. The Hall–Kier alpha value is -1.17. The van der Waals surface area contributed by atoms with Crippen LogP contribution in [0.1, 0.15) is 6.42 Å². The molecule has 0 spiro atoms. The van der Waals surface area contributed by atoms with Crippen molar-refractivity contribution < 1.29 is 5.11 Å². The van der Waals surface area contributed by atoms with E-state index < -0.39 is 0 Å². The third-order valence-corrected chi connectivity index (χ3v) is 3.88. The van der Waals surface area contributed by atoms with Crippen LogP contribution < -0.4 is 5.32 Å². The summed E-state index contributed by atoms with van der Waals surface area (Å²) in [5.74, 6) is 0.924. The van der Waals surface area contributed by atoms with E-state index in [0.29, 0.717) is 0 Å². The summed E-state index contributed by atoms with van der Waals surface area (Å²) in [6.45, 7) is 0.168. The summed E-state index contributed by atoms with van der Waals surface area (Å²) in [6.07, 6.45) is 2.52. The second-order valence-electron chi connectivity index (χ2n) is 4.00. The van der Waals surface area contributed by atoms with Gasteiger partial charge in [0.15, 0.2) is 0 Å². The van der Waals surface area contributed by atoms with Crippen LogP contribution in [0.15, 0.2) is 35.6 Å². The second-order valence-corrected chi connectivity index (χ2v) is 5.08. The molecule has 0 saturated heterocycles. The maximum atomic E-state index is 9.10. The van der Waals surface area contributed by atoms with Crippen molar-refractivity contribution in [2.24, 2.45) is 0 Å². The quantitative estimate of drug-likeness (QED) is 0.613. The monoisotopic (exact) mass is 263 g/mol. The van der Waals surface area contributed by atoms with Gasteiger partial charge in [0.25, 0.3) is 0 Å². The maximum absolute atomic E-state index is 9.10. The lowest BCUT2D eigenvalue weighted by Gasteiger charge is -2.12. The Morgan fingerprint density at radius 1 is 1.33 bits per heavy atom. The molecule has 0 aliphatic carbocycles. The fourth-order valence-corrected chi connectivity index (χ4v) is 2.77. The molecule has 5 heteroatoms. The zero-order valence-corrected chi connectivity index (χ0v) is 11.2. The van der Waals surface area contributed by atoms with E-state index in [1.807, 2.05) is 31.3 Å². The lowest BCUT2D eigenvalue weighted by Crippen LogP contribution is -2.29. The van der Waals surface area contributed by atoms with Crippen molar-refractivity contribution in [1.82, 2.24) is 15.3 Å². The average Bonchev–Trinajstić information content (AvgIpc) is 2.44. The van der Waals surface area contributed by atoms with Crippen LogP contribution in [-0.2, 0) is 0 Å². The number of nitrogens with one attached hydrogen (secondary N) is 1. The third-order valence-electron chi connectivity index (χ3n) is 2.84. The number of aliphatic hydroxyl groups excluding tert-OH is 1. The van der Waals surface area contributed by atoms with Gasteiger partial charge in [0, 0.05) is 17.2 Å². The van der Waals surface area contributed by atoms with Gasteiger partial charge in [-0.2, -0.15) is 0 Å². The molecule has 2 N–H and O–H groups in total. The Kier molecular flexibility index (Phi) is 4.92. The minimum atomic E-state index is 0.158. The van der Waals surface area contributed by atoms with Gasteiger partial charge in [0.05, 0.1) is 12.1 Å². The molecule has 96 valence electrons. The molecule has 1 aromatic heterocycles. The van der Waals surface area contributed by atoms with Gasteiger partial charge in [-0.1, -0.05) is 18.2 Å². The standard InChI is InChI=1S/C13H17N3OS/c1-14-10(8-17)6-7-18-13-11-4-2-3-5-12(11)15-9-16-13/h2-5,9-10,14,17H,6-8H2,1H3. The number of benzene rings is 1. The minimum absolute atomic E-state index is 0.158. The summed E-state index contributed by atoms with van der Waals surface area (Å²) < 4.78 is 0. The second kappa shape index (κ2) is 6.68. The summed E-state index contributed by atoms with van der Waals surface area (Å²) in [4.78, 5) is 8.56. The highest BCUT2D eigenvalue weighted by Gasteiger charge is 2.07. The Bertz CT molecular complexity index is 497. The number of fused-ring (bicyclic) bond motifs is 1. The molecular formula is C13H17N3OS. The Morgan fingerprint density at radius 3 is 2.94 bits per heavy atom. The van der Waals surface area contributed by atoms with Crippen LogP contribution in [0.2, 0.25) is 0 Å². The first kappa shape index (κ1) is 13.3. The number of hydrogen-bond donors (Lipinski definition) is 2. The van der Waals surface area contributed by atoms with Gasteiger partial charge in [-0.05, 0) is 19.5 Å². The molecule has 1 heterocycles. The topological polar surface area (TPSA) is 58.0 Å². The number of aliphatic hydroxyl groups is 1. The molecule has 0 aliphatic rings. The molecule has 1 atom stereocenters. The number of likely N-dealkylation sites (N-methyl/N-ethyl adjacent to an activating group) is 1. The highest BCUT2D eigenvalue weighted by Crippen LogP contribution is 2.24. The van der Waals surface area contributed by atoms with Crippen molar-refractivity contribution in [3.8, 4) is 0 Å². The van der Waals surface area contributed by atoms with Gasteiger partial charge < -0.3 is 10.4 Å². The Morgan fingerprint density at radius 2 is 2.17 bits per heavy atom. The predicted molar refractivity (Wildman–Crippen MR) is 74.8 cm³/mol. The third kappa shape index (κ3) is 3.19. The highest BCUT2D eigenvalue weighted by molar-refractivity contribution is 7.99. The molecular weight excluding hydrogens is 246 g/mol. The molecule has 0 amide bonds. The Balaban J connectivity index is 2.03. The van der Waals surface area contributed by atoms with Gasteiger partial charge in [-0.3, -0.25) is 0 Å². The first-order chi connectivity index (χ1) is 8.85. The number of hydrogen-bond acceptors (Lipinski definition) is 5. The smallest absolute Gasteiger partial charge is 0.117 e. The summed E-state index contributed by atoms with van der Waals surface area (Å²) in [5.41, 5.74) is 0.974. The molecule has 0 fully saturated rings. The van der Waals surface area contributed by atoms with Crippen molar-refractivity contribution in [3.05, 3.63) is 30.6 Å². The summed E-state index contributed by atoms with van der Waals surface area (Å²) >= 11 is 1.71. The fourth-order valence-electron chi connectivity index (χ4n) is 1.72. The van der Waals surface area contributed by atoms with E-state index in [9.17, 15) is 0 Å². The van der Waals surface area contributed by atoms with Crippen molar-refractivity contribution >= 4 is 22.7 Å². The highest BCUT2D eigenvalue weighted by atomic mass is 32.2. The van der Waals surface area contributed by atoms with Crippen molar-refractivity contribution in [3.63, 3.8) is 0 Å². The van der Waals surface area contributed by atoms with E-state index in [0.717, 1.165) is 28.1 Å². The first-order valence-electron chi connectivity index (χ1n) is 5.96. The van der Waals surface area contributed by atoms with E-state index in [1.165, 1.54) is 0 Å². The van der Waals surface area contributed by atoms with Crippen LogP contribution >= 0.6 is 11.8 Å². The largest absolute Gasteiger partial charge is 0.395 e. The molecule has 1 aromatic carbocycles. The first-order valence-corrected chi connectivity index (χ1v) is 6.94. The fraction of sp³-hybridized carbons (Fsp3) is 0.385.